The van der Waals surface area contributed by atoms with Gasteiger partial charge in [-0.1, -0.05) is 96.4 Å². The van der Waals surface area contributed by atoms with E-state index in [-0.39, 0.29) is 24.8 Å². The largest absolute Gasteiger partial charge is 0.354 e. The molecule has 0 spiro atoms. The second kappa shape index (κ2) is 12.6. The lowest BCUT2D eigenvalue weighted by atomic mass is 10.0. The van der Waals surface area contributed by atoms with E-state index < -0.39 is 6.04 Å². The Balaban J connectivity index is 1.98. The normalized spacial score (nSPS) is 11.6. The lowest BCUT2D eigenvalue weighted by molar-refractivity contribution is -0.140. The van der Waals surface area contributed by atoms with E-state index in [9.17, 15) is 9.59 Å². The van der Waals surface area contributed by atoms with Gasteiger partial charge in [0.2, 0.25) is 11.8 Å². The molecule has 1 atom stereocenters. The highest BCUT2D eigenvalue weighted by Gasteiger charge is 2.30. The minimum atomic E-state index is -0.682. The Morgan fingerprint density at radius 1 is 0.941 bits per heavy atom. The molecule has 1 unspecified atom stereocenters. The van der Waals surface area contributed by atoms with Gasteiger partial charge in [0.15, 0.2) is 0 Å². The molecule has 0 radical (unpaired) electrons. The van der Waals surface area contributed by atoms with Crippen LogP contribution in [0, 0.1) is 6.92 Å². The standard InChI is InChI=1S/C28H30Cl2N2O2/c1-3-14-31-28(34)26(16-21-9-5-4-6-10-21)32(19-23-12-13-24(29)18-25(23)30)27(33)17-22-11-7-8-20(2)15-22/h4-13,15,18,26H,3,14,16-17,19H2,1-2H3,(H,31,34). The van der Waals surface area contributed by atoms with Crippen molar-refractivity contribution in [1.29, 1.82) is 0 Å². The fourth-order valence-corrected chi connectivity index (χ4v) is 4.32. The van der Waals surface area contributed by atoms with Gasteiger partial charge in [-0.25, -0.2) is 0 Å². The Hall–Kier alpha value is -2.82. The smallest absolute Gasteiger partial charge is 0.243 e. The first-order valence-electron chi connectivity index (χ1n) is 11.5. The zero-order valence-electron chi connectivity index (χ0n) is 19.6. The van der Waals surface area contributed by atoms with Crippen molar-refractivity contribution in [2.75, 3.05) is 6.54 Å². The number of rotatable bonds is 10. The molecule has 6 heteroatoms. The van der Waals surface area contributed by atoms with Crippen molar-refractivity contribution in [2.24, 2.45) is 0 Å². The van der Waals surface area contributed by atoms with Crippen molar-refractivity contribution in [3.8, 4) is 0 Å². The topological polar surface area (TPSA) is 49.4 Å². The van der Waals surface area contributed by atoms with Gasteiger partial charge in [-0.15, -0.1) is 0 Å². The van der Waals surface area contributed by atoms with Crippen LogP contribution < -0.4 is 5.32 Å². The molecule has 0 heterocycles. The summed E-state index contributed by atoms with van der Waals surface area (Å²) in [7, 11) is 0. The SMILES string of the molecule is CCCNC(=O)C(Cc1ccccc1)N(Cc1ccc(Cl)cc1Cl)C(=O)Cc1cccc(C)c1. The predicted octanol–water partition coefficient (Wildman–Crippen LogP) is 6.01. The first-order chi connectivity index (χ1) is 16.4. The van der Waals surface area contributed by atoms with Gasteiger partial charge in [0.05, 0.1) is 6.42 Å². The van der Waals surface area contributed by atoms with Crippen LogP contribution in [0.3, 0.4) is 0 Å². The van der Waals surface area contributed by atoms with E-state index in [1.807, 2.05) is 68.4 Å². The van der Waals surface area contributed by atoms with Gasteiger partial charge in [0.25, 0.3) is 0 Å². The molecule has 0 bridgehead atoms. The summed E-state index contributed by atoms with van der Waals surface area (Å²) in [5.41, 5.74) is 3.71. The molecular weight excluding hydrogens is 467 g/mol. The number of carbonyl (C=O) groups is 2. The summed E-state index contributed by atoms with van der Waals surface area (Å²) >= 11 is 12.6. The highest BCUT2D eigenvalue weighted by Crippen LogP contribution is 2.24. The van der Waals surface area contributed by atoms with Crippen molar-refractivity contribution < 1.29 is 9.59 Å². The molecule has 0 aliphatic heterocycles. The maximum absolute atomic E-state index is 13.7. The molecule has 4 nitrogen and oxygen atoms in total. The molecule has 0 saturated heterocycles. The van der Waals surface area contributed by atoms with Crippen LogP contribution in [0.2, 0.25) is 10.0 Å². The first kappa shape index (κ1) is 25.8. The molecule has 0 aromatic heterocycles. The summed E-state index contributed by atoms with van der Waals surface area (Å²) in [5, 5.41) is 3.97. The zero-order chi connectivity index (χ0) is 24.5. The Bertz CT molecular complexity index is 1120. The third kappa shape index (κ3) is 7.34. The van der Waals surface area contributed by atoms with Crippen LogP contribution >= 0.6 is 23.2 Å². The summed E-state index contributed by atoms with van der Waals surface area (Å²) < 4.78 is 0. The minimum Gasteiger partial charge on any atom is -0.354 e. The van der Waals surface area contributed by atoms with Crippen molar-refractivity contribution in [3.63, 3.8) is 0 Å². The second-order valence-electron chi connectivity index (χ2n) is 8.42. The van der Waals surface area contributed by atoms with Gasteiger partial charge in [-0.05, 0) is 42.2 Å². The molecule has 178 valence electrons. The number of hydrogen-bond acceptors (Lipinski definition) is 2. The van der Waals surface area contributed by atoms with Crippen molar-refractivity contribution in [1.82, 2.24) is 10.2 Å². The predicted molar refractivity (Wildman–Crippen MR) is 139 cm³/mol. The summed E-state index contributed by atoms with van der Waals surface area (Å²) in [4.78, 5) is 28.7. The van der Waals surface area contributed by atoms with E-state index in [0.29, 0.717) is 23.0 Å². The van der Waals surface area contributed by atoms with Crippen LogP contribution in [0.1, 0.15) is 35.6 Å². The number of nitrogens with one attached hydrogen (secondary N) is 1. The van der Waals surface area contributed by atoms with E-state index in [4.69, 9.17) is 23.2 Å². The van der Waals surface area contributed by atoms with Gasteiger partial charge in [-0.3, -0.25) is 9.59 Å². The van der Waals surface area contributed by atoms with Gasteiger partial charge in [0.1, 0.15) is 6.04 Å². The molecule has 3 aromatic carbocycles. The maximum Gasteiger partial charge on any atom is 0.243 e. The third-order valence-corrected chi connectivity index (χ3v) is 6.20. The molecule has 0 aliphatic carbocycles. The van der Waals surface area contributed by atoms with Crippen molar-refractivity contribution in [3.05, 3.63) is 105 Å². The average molecular weight is 497 g/mol. The molecule has 0 aliphatic rings. The number of halogens is 2. The van der Waals surface area contributed by atoms with E-state index in [1.54, 1.807) is 23.1 Å². The van der Waals surface area contributed by atoms with Crippen LogP contribution in [0.4, 0.5) is 0 Å². The number of benzene rings is 3. The zero-order valence-corrected chi connectivity index (χ0v) is 21.1. The summed E-state index contributed by atoms with van der Waals surface area (Å²) in [6.07, 6.45) is 1.41. The third-order valence-electron chi connectivity index (χ3n) is 5.61. The number of carbonyl (C=O) groups excluding carboxylic acids is 2. The molecule has 0 saturated carbocycles. The summed E-state index contributed by atoms with van der Waals surface area (Å²) in [6, 6.07) is 22.1. The average Bonchev–Trinajstić information content (AvgIpc) is 2.81. The Morgan fingerprint density at radius 2 is 1.68 bits per heavy atom. The molecule has 3 aromatic rings. The lowest BCUT2D eigenvalue weighted by Crippen LogP contribution is -2.51. The van der Waals surface area contributed by atoms with Crippen LogP contribution in [0.5, 0.6) is 0 Å². The fraction of sp³-hybridized carbons (Fsp3) is 0.286. The monoisotopic (exact) mass is 496 g/mol. The molecule has 3 rings (SSSR count). The molecular formula is C28H30Cl2N2O2. The highest BCUT2D eigenvalue weighted by molar-refractivity contribution is 6.35. The van der Waals surface area contributed by atoms with E-state index >= 15 is 0 Å². The highest BCUT2D eigenvalue weighted by atomic mass is 35.5. The first-order valence-corrected chi connectivity index (χ1v) is 12.2. The van der Waals surface area contributed by atoms with Gasteiger partial charge in [0, 0.05) is 29.6 Å². The van der Waals surface area contributed by atoms with Crippen LogP contribution in [-0.4, -0.2) is 29.3 Å². The van der Waals surface area contributed by atoms with Crippen molar-refractivity contribution in [2.45, 2.75) is 45.7 Å². The van der Waals surface area contributed by atoms with Crippen LogP contribution in [0.25, 0.3) is 0 Å². The van der Waals surface area contributed by atoms with E-state index in [1.165, 1.54) is 0 Å². The number of aryl methyl sites for hydroxylation is 1. The van der Waals surface area contributed by atoms with Crippen LogP contribution in [0.15, 0.2) is 72.8 Å². The Kier molecular flexibility index (Phi) is 9.55. The lowest BCUT2D eigenvalue weighted by Gasteiger charge is -2.32. The Labute approximate surface area is 211 Å². The number of nitrogens with zero attached hydrogens (tertiary/aromatic N) is 1. The van der Waals surface area contributed by atoms with Gasteiger partial charge in [-0.2, -0.15) is 0 Å². The fourth-order valence-electron chi connectivity index (χ4n) is 3.85. The van der Waals surface area contributed by atoms with Gasteiger partial charge < -0.3 is 10.2 Å². The minimum absolute atomic E-state index is 0.135. The van der Waals surface area contributed by atoms with Crippen molar-refractivity contribution >= 4 is 35.0 Å². The van der Waals surface area contributed by atoms with E-state index in [2.05, 4.69) is 5.32 Å². The van der Waals surface area contributed by atoms with Crippen LogP contribution in [-0.2, 0) is 29.0 Å². The molecule has 2 amide bonds. The second-order valence-corrected chi connectivity index (χ2v) is 9.26. The quantitative estimate of drug-likeness (QED) is 0.373. The Morgan fingerprint density at radius 3 is 2.35 bits per heavy atom. The number of amides is 2. The molecule has 0 fully saturated rings. The molecule has 1 N–H and O–H groups in total. The number of hydrogen-bond donors (Lipinski definition) is 1. The summed E-state index contributed by atoms with van der Waals surface area (Å²) in [6.45, 7) is 4.75. The van der Waals surface area contributed by atoms with E-state index in [0.717, 1.165) is 28.7 Å². The molecule has 34 heavy (non-hydrogen) atoms. The summed E-state index contributed by atoms with van der Waals surface area (Å²) in [5.74, 6) is -0.308. The van der Waals surface area contributed by atoms with Gasteiger partial charge >= 0.3 is 0 Å². The maximum atomic E-state index is 13.7.